The molecule has 0 saturated carbocycles. The third kappa shape index (κ3) is 4.51. The molecule has 29 heavy (non-hydrogen) atoms. The van der Waals surface area contributed by atoms with Crippen LogP contribution in [0.2, 0.25) is 0 Å². The lowest BCUT2D eigenvalue weighted by Gasteiger charge is -2.10. The number of carbonyl (C=O) groups is 1. The Bertz CT molecular complexity index is 1070. The zero-order valence-corrected chi connectivity index (χ0v) is 16.7. The molecule has 0 aliphatic carbocycles. The van der Waals surface area contributed by atoms with Gasteiger partial charge in [-0.25, -0.2) is 0 Å². The van der Waals surface area contributed by atoms with Crippen LogP contribution in [0.1, 0.15) is 22.8 Å². The van der Waals surface area contributed by atoms with Gasteiger partial charge >= 0.3 is 0 Å². The van der Waals surface area contributed by atoms with E-state index in [-0.39, 0.29) is 11.0 Å². The molecule has 2 N–H and O–H groups in total. The monoisotopic (exact) mass is 396 g/mol. The third-order valence-electron chi connectivity index (χ3n) is 4.56. The van der Waals surface area contributed by atoms with Gasteiger partial charge in [0.1, 0.15) is 11.3 Å². The predicted molar refractivity (Wildman–Crippen MR) is 111 cm³/mol. The minimum Gasteiger partial charge on any atom is -0.494 e. The second-order valence-corrected chi connectivity index (χ2v) is 6.37. The molecule has 0 saturated heterocycles. The van der Waals surface area contributed by atoms with Crippen LogP contribution in [0.5, 0.6) is 17.2 Å². The van der Waals surface area contributed by atoms with Crippen molar-refractivity contribution in [3.05, 3.63) is 63.9 Å². The zero-order chi connectivity index (χ0) is 20.8. The second-order valence-electron chi connectivity index (χ2n) is 6.37. The van der Waals surface area contributed by atoms with Crippen LogP contribution in [-0.4, -0.2) is 38.3 Å². The van der Waals surface area contributed by atoms with Gasteiger partial charge in [0.2, 0.25) is 5.43 Å². The summed E-state index contributed by atoms with van der Waals surface area (Å²) < 4.78 is 16.0. The summed E-state index contributed by atoms with van der Waals surface area (Å²) in [5, 5.41) is 3.22. The third-order valence-corrected chi connectivity index (χ3v) is 4.56. The lowest BCUT2D eigenvalue weighted by Crippen LogP contribution is -2.30. The van der Waals surface area contributed by atoms with Crippen LogP contribution >= 0.6 is 0 Å². The Labute approximate surface area is 168 Å². The van der Waals surface area contributed by atoms with Crippen LogP contribution in [0.3, 0.4) is 0 Å². The molecule has 0 aliphatic rings. The van der Waals surface area contributed by atoms with Crippen LogP contribution < -0.4 is 25.0 Å². The number of benzene rings is 2. The Hall–Kier alpha value is -3.48. The first-order valence-electron chi connectivity index (χ1n) is 9.34. The zero-order valence-electron chi connectivity index (χ0n) is 16.7. The lowest BCUT2D eigenvalue weighted by molar-refractivity contribution is 0.0953. The Morgan fingerprint density at radius 3 is 2.59 bits per heavy atom. The molecule has 0 spiro atoms. The van der Waals surface area contributed by atoms with Crippen molar-refractivity contribution in [2.45, 2.75) is 13.3 Å². The van der Waals surface area contributed by atoms with Crippen LogP contribution in [0.25, 0.3) is 10.9 Å². The summed E-state index contributed by atoms with van der Waals surface area (Å²) in [6.07, 6.45) is 2.03. The first-order valence-corrected chi connectivity index (χ1v) is 9.34. The van der Waals surface area contributed by atoms with Gasteiger partial charge in [0.05, 0.1) is 20.8 Å². The maximum Gasteiger partial charge on any atom is 0.256 e. The van der Waals surface area contributed by atoms with Gasteiger partial charge in [0.25, 0.3) is 5.91 Å². The summed E-state index contributed by atoms with van der Waals surface area (Å²) >= 11 is 0. The Morgan fingerprint density at radius 1 is 1.07 bits per heavy atom. The first kappa shape index (κ1) is 20.3. The van der Waals surface area contributed by atoms with Crippen molar-refractivity contribution in [2.75, 3.05) is 27.4 Å². The summed E-state index contributed by atoms with van der Waals surface area (Å²) in [4.78, 5) is 28.3. The molecule has 1 aromatic heterocycles. The Kier molecular flexibility index (Phi) is 6.39. The van der Waals surface area contributed by atoms with Gasteiger partial charge in [0.15, 0.2) is 11.5 Å². The number of hydrogen-bond acceptors (Lipinski definition) is 5. The molecule has 3 aromatic rings. The average Bonchev–Trinajstić information content (AvgIpc) is 2.74. The largest absolute Gasteiger partial charge is 0.494 e. The van der Waals surface area contributed by atoms with Gasteiger partial charge in [-0.2, -0.15) is 0 Å². The van der Waals surface area contributed by atoms with Crippen molar-refractivity contribution < 1.29 is 19.0 Å². The van der Waals surface area contributed by atoms with Gasteiger partial charge in [-0.3, -0.25) is 9.59 Å². The normalized spacial score (nSPS) is 10.6. The number of aromatic nitrogens is 1. The van der Waals surface area contributed by atoms with Crippen molar-refractivity contribution in [1.82, 2.24) is 10.3 Å². The number of carbonyl (C=O) groups excluding carboxylic acids is 1. The number of ether oxygens (including phenoxy) is 3. The summed E-state index contributed by atoms with van der Waals surface area (Å²) in [5.41, 5.74) is 1.37. The molecule has 0 aliphatic heterocycles. The SMILES string of the molecule is CCOc1ccc2[nH]cc(C(=O)NCCc3ccc(OC)c(OC)c3)c(=O)c2c1. The first-order chi connectivity index (χ1) is 14.1. The highest BCUT2D eigenvalue weighted by Crippen LogP contribution is 2.27. The van der Waals surface area contributed by atoms with E-state index in [1.807, 2.05) is 25.1 Å². The number of H-pyrrole nitrogens is 1. The fourth-order valence-electron chi connectivity index (χ4n) is 3.07. The molecule has 0 atom stereocenters. The van der Waals surface area contributed by atoms with E-state index >= 15 is 0 Å². The fourth-order valence-corrected chi connectivity index (χ4v) is 3.07. The lowest BCUT2D eigenvalue weighted by atomic mass is 10.1. The quantitative estimate of drug-likeness (QED) is 0.611. The van der Waals surface area contributed by atoms with E-state index in [0.29, 0.717) is 47.7 Å². The molecule has 0 bridgehead atoms. The van der Waals surface area contributed by atoms with Gasteiger partial charge < -0.3 is 24.5 Å². The van der Waals surface area contributed by atoms with Crippen LogP contribution in [0.15, 0.2) is 47.4 Å². The van der Waals surface area contributed by atoms with Crippen LogP contribution in [0.4, 0.5) is 0 Å². The second kappa shape index (κ2) is 9.14. The van der Waals surface area contributed by atoms with Gasteiger partial charge in [-0.05, 0) is 49.2 Å². The number of hydrogen-bond donors (Lipinski definition) is 2. The molecule has 152 valence electrons. The van der Waals surface area contributed by atoms with Crippen molar-refractivity contribution >= 4 is 16.8 Å². The van der Waals surface area contributed by atoms with Crippen molar-refractivity contribution in [1.29, 1.82) is 0 Å². The summed E-state index contributed by atoms with van der Waals surface area (Å²) in [5.74, 6) is 1.45. The number of aromatic amines is 1. The Balaban J connectivity index is 1.71. The van der Waals surface area contributed by atoms with E-state index in [2.05, 4.69) is 10.3 Å². The molecule has 0 unspecified atom stereocenters. The predicted octanol–water partition coefficient (Wildman–Crippen LogP) is 2.92. The molecular formula is C22H24N2O5. The molecule has 0 radical (unpaired) electrons. The summed E-state index contributed by atoms with van der Waals surface area (Å²) in [7, 11) is 3.16. The highest BCUT2D eigenvalue weighted by molar-refractivity contribution is 5.97. The van der Waals surface area contributed by atoms with Crippen LogP contribution in [0, 0.1) is 0 Å². The molecule has 1 heterocycles. The minimum atomic E-state index is -0.421. The summed E-state index contributed by atoms with van der Waals surface area (Å²) in [6.45, 7) is 2.75. The van der Waals surface area contributed by atoms with E-state index in [0.717, 1.165) is 5.56 Å². The number of amides is 1. The van der Waals surface area contributed by atoms with Crippen molar-refractivity contribution in [3.8, 4) is 17.2 Å². The number of nitrogens with one attached hydrogen (secondary N) is 2. The molecular weight excluding hydrogens is 372 g/mol. The van der Waals surface area contributed by atoms with E-state index in [1.54, 1.807) is 32.4 Å². The minimum absolute atomic E-state index is 0.0680. The molecule has 0 fully saturated rings. The van der Waals surface area contributed by atoms with E-state index in [4.69, 9.17) is 14.2 Å². The summed E-state index contributed by atoms with van der Waals surface area (Å²) in [6, 6.07) is 10.8. The number of pyridine rings is 1. The maximum atomic E-state index is 12.7. The smallest absolute Gasteiger partial charge is 0.256 e. The van der Waals surface area contributed by atoms with Gasteiger partial charge in [0, 0.05) is 23.6 Å². The van der Waals surface area contributed by atoms with Crippen molar-refractivity contribution in [3.63, 3.8) is 0 Å². The van der Waals surface area contributed by atoms with Gasteiger partial charge in [-0.15, -0.1) is 0 Å². The van der Waals surface area contributed by atoms with Crippen molar-refractivity contribution in [2.24, 2.45) is 0 Å². The molecule has 2 aromatic carbocycles. The standard InChI is InChI=1S/C22H24N2O5/c1-4-29-15-6-7-18-16(12-15)21(25)17(13-24-18)22(26)23-10-9-14-5-8-19(27-2)20(11-14)28-3/h5-8,11-13H,4,9-10H2,1-3H3,(H,23,26)(H,24,25). The Morgan fingerprint density at radius 2 is 1.86 bits per heavy atom. The molecule has 1 amide bonds. The highest BCUT2D eigenvalue weighted by Gasteiger charge is 2.13. The molecule has 7 nitrogen and oxygen atoms in total. The van der Waals surface area contributed by atoms with Crippen LogP contribution in [-0.2, 0) is 6.42 Å². The number of methoxy groups -OCH3 is 2. The average molecular weight is 396 g/mol. The molecule has 3 rings (SSSR count). The van der Waals surface area contributed by atoms with E-state index in [1.165, 1.54) is 6.20 Å². The van der Waals surface area contributed by atoms with Gasteiger partial charge in [-0.1, -0.05) is 6.07 Å². The topological polar surface area (TPSA) is 89.7 Å². The highest BCUT2D eigenvalue weighted by atomic mass is 16.5. The van der Waals surface area contributed by atoms with E-state index < -0.39 is 5.91 Å². The maximum absolute atomic E-state index is 12.7. The fraction of sp³-hybridized carbons (Fsp3) is 0.273. The number of rotatable bonds is 8. The van der Waals surface area contributed by atoms with E-state index in [9.17, 15) is 9.59 Å². The number of fused-ring (bicyclic) bond motifs is 1. The molecule has 7 heteroatoms.